The quantitative estimate of drug-likeness (QED) is 0.246. The van der Waals surface area contributed by atoms with E-state index in [1.165, 1.54) is 12.1 Å². The van der Waals surface area contributed by atoms with Crippen LogP contribution in [0.3, 0.4) is 0 Å². The zero-order valence-corrected chi connectivity index (χ0v) is 21.2. The average Bonchev–Trinajstić information content (AvgIpc) is 3.21. The van der Waals surface area contributed by atoms with E-state index in [1.54, 1.807) is 6.07 Å². The molecule has 0 spiro atoms. The maximum absolute atomic E-state index is 11.6. The molecule has 0 aliphatic heterocycles. The van der Waals surface area contributed by atoms with Gasteiger partial charge >= 0.3 is 11.9 Å². The van der Waals surface area contributed by atoms with Crippen LogP contribution in [0.5, 0.6) is 5.75 Å². The van der Waals surface area contributed by atoms with Gasteiger partial charge in [0.25, 0.3) is 0 Å². The molecule has 1 aromatic heterocycles. The first-order valence-electron chi connectivity index (χ1n) is 11.5. The van der Waals surface area contributed by atoms with Crippen molar-refractivity contribution in [1.82, 2.24) is 9.78 Å². The number of hydrogen-bond acceptors (Lipinski definition) is 4. The number of aromatic carboxylic acids is 1. The first-order valence-corrected chi connectivity index (χ1v) is 12.3. The van der Waals surface area contributed by atoms with Crippen molar-refractivity contribution in [2.24, 2.45) is 0 Å². The van der Waals surface area contributed by atoms with Crippen LogP contribution in [0, 0.1) is 0 Å². The minimum atomic E-state index is -1.06. The second-order valence-electron chi connectivity index (χ2n) is 8.17. The van der Waals surface area contributed by atoms with E-state index in [4.69, 9.17) is 9.84 Å². The van der Waals surface area contributed by atoms with Crippen molar-refractivity contribution in [3.8, 4) is 28.3 Å². The number of aromatic nitrogens is 2. The lowest BCUT2D eigenvalue weighted by atomic mass is 9.97. The predicted octanol–water partition coefficient (Wildman–Crippen LogP) is 6.14. The fraction of sp³-hybridized carbons (Fsp3) is 0.179. The fourth-order valence-electron chi connectivity index (χ4n) is 4.11. The van der Waals surface area contributed by atoms with Gasteiger partial charge in [-0.1, -0.05) is 58.4 Å². The summed E-state index contributed by atoms with van der Waals surface area (Å²) >= 11 is 3.48. The van der Waals surface area contributed by atoms with Crippen molar-refractivity contribution < 1.29 is 24.5 Å². The van der Waals surface area contributed by atoms with E-state index < -0.39 is 11.9 Å². The van der Waals surface area contributed by atoms with Gasteiger partial charge < -0.3 is 14.9 Å². The van der Waals surface area contributed by atoms with Gasteiger partial charge in [-0.05, 0) is 49.2 Å². The molecule has 8 heteroatoms. The molecule has 36 heavy (non-hydrogen) atoms. The third kappa shape index (κ3) is 5.66. The Labute approximate surface area is 217 Å². The van der Waals surface area contributed by atoms with E-state index in [1.807, 2.05) is 66.2 Å². The summed E-state index contributed by atoms with van der Waals surface area (Å²) in [4.78, 5) is 23.2. The molecule has 7 nitrogen and oxygen atoms in total. The van der Waals surface area contributed by atoms with Gasteiger partial charge in [-0.2, -0.15) is 5.10 Å². The largest absolute Gasteiger partial charge is 0.493 e. The van der Waals surface area contributed by atoms with Crippen LogP contribution in [-0.4, -0.2) is 38.5 Å². The Morgan fingerprint density at radius 1 is 1.00 bits per heavy atom. The number of hydrogen-bond donors (Lipinski definition) is 2. The summed E-state index contributed by atoms with van der Waals surface area (Å²) in [6.45, 7) is 2.64. The van der Waals surface area contributed by atoms with Gasteiger partial charge in [-0.3, -0.25) is 9.48 Å². The van der Waals surface area contributed by atoms with Gasteiger partial charge in [0.2, 0.25) is 0 Å². The van der Waals surface area contributed by atoms with E-state index in [0.717, 1.165) is 26.9 Å². The molecule has 0 unspecified atom stereocenters. The topological polar surface area (TPSA) is 102 Å². The average molecular weight is 549 g/mol. The normalized spacial score (nSPS) is 10.8. The van der Waals surface area contributed by atoms with Crippen LogP contribution in [0.1, 0.15) is 34.8 Å². The molecule has 0 aliphatic rings. The summed E-state index contributed by atoms with van der Waals surface area (Å²) in [5.41, 5.74) is 4.81. The van der Waals surface area contributed by atoms with Gasteiger partial charge in [-0.25, -0.2) is 4.79 Å². The van der Waals surface area contributed by atoms with Crippen LogP contribution in [0.25, 0.3) is 22.5 Å². The lowest BCUT2D eigenvalue weighted by molar-refractivity contribution is -0.136. The van der Waals surface area contributed by atoms with Crippen LogP contribution in [0.15, 0.2) is 77.3 Å². The fourth-order valence-corrected chi connectivity index (χ4v) is 4.38. The number of nitrogens with zero attached hydrogens (tertiary/aromatic N) is 2. The Balaban J connectivity index is 1.97. The molecular formula is C28H25BrN2O5. The maximum Gasteiger partial charge on any atom is 0.335 e. The predicted molar refractivity (Wildman–Crippen MR) is 140 cm³/mol. The Kier molecular flexibility index (Phi) is 7.85. The van der Waals surface area contributed by atoms with Crippen LogP contribution in [0.2, 0.25) is 0 Å². The Morgan fingerprint density at radius 2 is 1.72 bits per heavy atom. The SMILES string of the molecule is CCOc1cc(C(=O)O)ccc1-c1nn(Cc2ccccc2)c(-c2ccc(Br)cc2)c1CCC(=O)O. The van der Waals surface area contributed by atoms with Crippen molar-refractivity contribution in [2.75, 3.05) is 6.61 Å². The molecule has 0 amide bonds. The zero-order chi connectivity index (χ0) is 25.7. The zero-order valence-electron chi connectivity index (χ0n) is 19.6. The minimum Gasteiger partial charge on any atom is -0.493 e. The van der Waals surface area contributed by atoms with Crippen molar-refractivity contribution in [3.63, 3.8) is 0 Å². The van der Waals surface area contributed by atoms with Crippen molar-refractivity contribution in [1.29, 1.82) is 0 Å². The van der Waals surface area contributed by atoms with E-state index in [0.29, 0.717) is 30.2 Å². The highest BCUT2D eigenvalue weighted by Crippen LogP contribution is 2.39. The summed E-state index contributed by atoms with van der Waals surface area (Å²) in [5.74, 6) is -1.58. The van der Waals surface area contributed by atoms with Gasteiger partial charge in [-0.15, -0.1) is 0 Å². The third-order valence-electron chi connectivity index (χ3n) is 5.72. The second kappa shape index (κ2) is 11.2. The molecule has 0 saturated carbocycles. The van der Waals surface area contributed by atoms with E-state index in [9.17, 15) is 19.8 Å². The smallest absolute Gasteiger partial charge is 0.335 e. The lowest BCUT2D eigenvalue weighted by Gasteiger charge is -2.12. The summed E-state index contributed by atoms with van der Waals surface area (Å²) in [7, 11) is 0. The molecule has 0 atom stereocenters. The van der Waals surface area contributed by atoms with Crippen molar-refractivity contribution in [2.45, 2.75) is 26.3 Å². The number of carbonyl (C=O) groups is 2. The number of benzene rings is 3. The molecule has 1 heterocycles. The molecule has 2 N–H and O–H groups in total. The lowest BCUT2D eigenvalue weighted by Crippen LogP contribution is -2.05. The van der Waals surface area contributed by atoms with Crippen LogP contribution < -0.4 is 4.74 Å². The first kappa shape index (κ1) is 25.2. The van der Waals surface area contributed by atoms with Gasteiger partial charge in [0.1, 0.15) is 5.75 Å². The molecule has 0 fully saturated rings. The monoisotopic (exact) mass is 548 g/mol. The highest BCUT2D eigenvalue weighted by Gasteiger charge is 2.24. The van der Waals surface area contributed by atoms with E-state index >= 15 is 0 Å². The number of rotatable bonds is 10. The molecule has 0 saturated heterocycles. The van der Waals surface area contributed by atoms with Crippen LogP contribution >= 0.6 is 15.9 Å². The Morgan fingerprint density at radius 3 is 2.36 bits per heavy atom. The standard InChI is InChI=1S/C28H25BrN2O5/c1-2-36-24-16-20(28(34)35)10-13-22(24)26-23(14-15-25(32)33)27(19-8-11-21(29)12-9-19)31(30-26)17-18-6-4-3-5-7-18/h3-13,16H,2,14-15,17H2,1H3,(H,32,33)(H,34,35). The molecular weight excluding hydrogens is 524 g/mol. The molecule has 4 rings (SSSR count). The summed E-state index contributed by atoms with van der Waals surface area (Å²) < 4.78 is 8.62. The third-order valence-corrected chi connectivity index (χ3v) is 6.24. The molecule has 0 bridgehead atoms. The summed E-state index contributed by atoms with van der Waals surface area (Å²) in [5, 5.41) is 23.9. The highest BCUT2D eigenvalue weighted by atomic mass is 79.9. The van der Waals surface area contributed by atoms with Gasteiger partial charge in [0.05, 0.1) is 30.1 Å². The highest BCUT2D eigenvalue weighted by molar-refractivity contribution is 9.10. The number of ether oxygens (including phenoxy) is 1. The van der Waals surface area contributed by atoms with E-state index in [2.05, 4.69) is 15.9 Å². The molecule has 184 valence electrons. The Hall–Kier alpha value is -3.91. The van der Waals surface area contributed by atoms with Gasteiger partial charge in [0, 0.05) is 27.6 Å². The van der Waals surface area contributed by atoms with Crippen LogP contribution in [0.4, 0.5) is 0 Å². The summed E-state index contributed by atoms with van der Waals surface area (Å²) in [6, 6.07) is 22.4. The van der Waals surface area contributed by atoms with Crippen LogP contribution in [-0.2, 0) is 17.8 Å². The number of carboxylic acids is 2. The maximum atomic E-state index is 11.6. The number of halogens is 1. The minimum absolute atomic E-state index is 0.0786. The van der Waals surface area contributed by atoms with E-state index in [-0.39, 0.29) is 18.4 Å². The molecule has 0 aliphatic carbocycles. The molecule has 4 aromatic rings. The number of aliphatic carboxylic acids is 1. The van der Waals surface area contributed by atoms with Crippen molar-refractivity contribution >= 4 is 27.9 Å². The van der Waals surface area contributed by atoms with Crippen molar-refractivity contribution in [3.05, 3.63) is 94.0 Å². The summed E-state index contributed by atoms with van der Waals surface area (Å²) in [6.07, 6.45) is 0.168. The molecule has 0 radical (unpaired) electrons. The van der Waals surface area contributed by atoms with Gasteiger partial charge in [0.15, 0.2) is 0 Å². The Bertz CT molecular complexity index is 1380. The second-order valence-corrected chi connectivity index (χ2v) is 9.08. The first-order chi connectivity index (χ1) is 17.4. The molecule has 3 aromatic carbocycles. The number of carboxylic acid groups (broad SMARTS) is 2.